The Morgan fingerprint density at radius 3 is 2.88 bits per heavy atom. The maximum atomic E-state index is 12.9. The molecule has 86 valence electrons. The molecule has 0 heterocycles. The van der Waals surface area contributed by atoms with Gasteiger partial charge in [0, 0.05) is 18.4 Å². The molecule has 0 bridgehead atoms. The molecular formula is C12H14FNOS. The van der Waals surface area contributed by atoms with Crippen LogP contribution in [0.15, 0.2) is 24.3 Å². The van der Waals surface area contributed by atoms with Gasteiger partial charge in [-0.3, -0.25) is 4.79 Å². The number of hydrogen-bond acceptors (Lipinski definition) is 3. The number of allylic oxidation sites excluding steroid dienone is 1. The normalized spacial score (nSPS) is 10.9. The Hall–Kier alpha value is -1.29. The number of nitrogen functional groups attached to an aromatic ring is 1. The molecule has 0 saturated carbocycles. The molecule has 2 nitrogen and oxygen atoms in total. The van der Waals surface area contributed by atoms with E-state index < -0.39 is 0 Å². The predicted octanol–water partition coefficient (Wildman–Crippen LogP) is 3.09. The molecule has 0 aliphatic rings. The van der Waals surface area contributed by atoms with Crippen molar-refractivity contribution in [3.8, 4) is 0 Å². The second kappa shape index (κ2) is 6.33. The molecule has 4 heteroatoms. The number of carbonyl (C=O) groups excluding carboxylic acids is 1. The SMILES string of the molecule is CC(=O)SCCC=Cc1cc(N)cc(F)c1. The number of benzene rings is 1. The highest BCUT2D eigenvalue weighted by molar-refractivity contribution is 8.13. The summed E-state index contributed by atoms with van der Waals surface area (Å²) < 4.78 is 12.9. The molecule has 0 unspecified atom stereocenters. The van der Waals surface area contributed by atoms with Crippen LogP contribution in [-0.4, -0.2) is 10.9 Å². The lowest BCUT2D eigenvalue weighted by molar-refractivity contribution is -0.109. The summed E-state index contributed by atoms with van der Waals surface area (Å²) in [6.07, 6.45) is 4.49. The highest BCUT2D eigenvalue weighted by Crippen LogP contribution is 2.13. The van der Waals surface area contributed by atoms with Crippen LogP contribution in [0, 0.1) is 5.82 Å². The molecule has 0 radical (unpaired) electrons. The summed E-state index contributed by atoms with van der Waals surface area (Å²) in [7, 11) is 0. The first-order chi connectivity index (χ1) is 7.58. The van der Waals surface area contributed by atoms with Gasteiger partial charge >= 0.3 is 0 Å². The second-order valence-corrected chi connectivity index (χ2v) is 4.62. The molecule has 16 heavy (non-hydrogen) atoms. The van der Waals surface area contributed by atoms with Crippen molar-refractivity contribution in [2.75, 3.05) is 11.5 Å². The first-order valence-electron chi connectivity index (χ1n) is 4.94. The minimum absolute atomic E-state index is 0.114. The van der Waals surface area contributed by atoms with Gasteiger partial charge in [-0.05, 0) is 30.2 Å². The lowest BCUT2D eigenvalue weighted by Gasteiger charge is -1.97. The van der Waals surface area contributed by atoms with Gasteiger partial charge in [0.05, 0.1) is 0 Å². The van der Waals surface area contributed by atoms with E-state index in [0.29, 0.717) is 5.69 Å². The van der Waals surface area contributed by atoms with Crippen molar-refractivity contribution in [3.05, 3.63) is 35.7 Å². The van der Waals surface area contributed by atoms with Crippen LogP contribution in [0.25, 0.3) is 6.08 Å². The number of halogens is 1. The third-order valence-electron chi connectivity index (χ3n) is 1.84. The predicted molar refractivity (Wildman–Crippen MR) is 67.6 cm³/mol. The van der Waals surface area contributed by atoms with Crippen molar-refractivity contribution >= 4 is 28.6 Å². The van der Waals surface area contributed by atoms with Crippen molar-refractivity contribution in [1.29, 1.82) is 0 Å². The van der Waals surface area contributed by atoms with E-state index in [1.165, 1.54) is 23.9 Å². The molecule has 1 aromatic rings. The summed E-state index contributed by atoms with van der Waals surface area (Å²) >= 11 is 1.28. The maximum absolute atomic E-state index is 12.9. The van der Waals surface area contributed by atoms with Gasteiger partial charge < -0.3 is 5.73 Å². The fourth-order valence-electron chi connectivity index (χ4n) is 1.22. The van der Waals surface area contributed by atoms with E-state index in [-0.39, 0.29) is 10.9 Å². The van der Waals surface area contributed by atoms with E-state index in [4.69, 9.17) is 5.73 Å². The van der Waals surface area contributed by atoms with Crippen LogP contribution in [0.2, 0.25) is 0 Å². The minimum atomic E-state index is -0.335. The van der Waals surface area contributed by atoms with Gasteiger partial charge in [0.25, 0.3) is 0 Å². The monoisotopic (exact) mass is 239 g/mol. The molecule has 0 amide bonds. The summed E-state index contributed by atoms with van der Waals surface area (Å²) in [5.41, 5.74) is 6.66. The molecule has 0 fully saturated rings. The number of nitrogens with two attached hydrogens (primary N) is 1. The van der Waals surface area contributed by atoms with E-state index in [1.807, 2.05) is 6.08 Å². The summed E-state index contributed by atoms with van der Waals surface area (Å²) in [5, 5.41) is 0.114. The second-order valence-electron chi connectivity index (χ2n) is 3.35. The average molecular weight is 239 g/mol. The standard InChI is InChI=1S/C12H14FNOS/c1-9(15)16-5-3-2-4-10-6-11(13)8-12(14)7-10/h2,4,6-8H,3,5,14H2,1H3. The molecule has 0 aromatic heterocycles. The van der Waals surface area contributed by atoms with Crippen molar-refractivity contribution in [2.24, 2.45) is 0 Å². The Balaban J connectivity index is 2.46. The van der Waals surface area contributed by atoms with Crippen molar-refractivity contribution < 1.29 is 9.18 Å². The Kier molecular flexibility index (Phi) is 5.05. The molecule has 0 saturated heterocycles. The van der Waals surface area contributed by atoms with Crippen LogP contribution in [-0.2, 0) is 4.79 Å². The van der Waals surface area contributed by atoms with Gasteiger partial charge in [-0.1, -0.05) is 23.9 Å². The van der Waals surface area contributed by atoms with Gasteiger partial charge in [-0.25, -0.2) is 4.39 Å². The first-order valence-corrected chi connectivity index (χ1v) is 5.92. The van der Waals surface area contributed by atoms with Crippen LogP contribution in [0.5, 0.6) is 0 Å². The van der Waals surface area contributed by atoms with Crippen molar-refractivity contribution in [2.45, 2.75) is 13.3 Å². The van der Waals surface area contributed by atoms with E-state index in [2.05, 4.69) is 0 Å². The van der Waals surface area contributed by atoms with Crippen LogP contribution in [0.3, 0.4) is 0 Å². The zero-order valence-corrected chi connectivity index (χ0v) is 9.89. The Labute approximate surface area is 98.7 Å². The van der Waals surface area contributed by atoms with Gasteiger partial charge in [-0.2, -0.15) is 0 Å². The highest BCUT2D eigenvalue weighted by Gasteiger charge is 1.95. The van der Waals surface area contributed by atoms with Gasteiger partial charge in [0.2, 0.25) is 0 Å². The van der Waals surface area contributed by atoms with Crippen LogP contribution >= 0.6 is 11.8 Å². The number of thioether (sulfide) groups is 1. The largest absolute Gasteiger partial charge is 0.399 e. The van der Waals surface area contributed by atoms with Crippen LogP contribution in [0.4, 0.5) is 10.1 Å². The van der Waals surface area contributed by atoms with E-state index >= 15 is 0 Å². The lowest BCUT2D eigenvalue weighted by Crippen LogP contribution is -1.87. The number of anilines is 1. The topological polar surface area (TPSA) is 43.1 Å². The van der Waals surface area contributed by atoms with Gasteiger partial charge in [0.1, 0.15) is 5.82 Å². The third-order valence-corrected chi connectivity index (χ3v) is 2.69. The molecule has 0 aliphatic heterocycles. The zero-order chi connectivity index (χ0) is 12.0. The first kappa shape index (κ1) is 12.8. The average Bonchev–Trinajstić information content (AvgIpc) is 2.15. The fraction of sp³-hybridized carbons (Fsp3) is 0.250. The Morgan fingerprint density at radius 1 is 1.50 bits per heavy atom. The maximum Gasteiger partial charge on any atom is 0.185 e. The molecular weight excluding hydrogens is 225 g/mol. The smallest absolute Gasteiger partial charge is 0.185 e. The van der Waals surface area contributed by atoms with E-state index in [1.54, 1.807) is 19.1 Å². The summed E-state index contributed by atoms with van der Waals surface area (Å²) in [4.78, 5) is 10.6. The molecule has 0 atom stereocenters. The lowest BCUT2D eigenvalue weighted by atomic mass is 10.2. The van der Waals surface area contributed by atoms with Gasteiger partial charge in [-0.15, -0.1) is 0 Å². The number of carbonyl (C=O) groups is 1. The Bertz CT molecular complexity index is 384. The zero-order valence-electron chi connectivity index (χ0n) is 9.07. The highest BCUT2D eigenvalue weighted by atomic mass is 32.2. The molecule has 0 aliphatic carbocycles. The quantitative estimate of drug-likeness (QED) is 0.648. The molecule has 2 N–H and O–H groups in total. The van der Waals surface area contributed by atoms with Gasteiger partial charge in [0.15, 0.2) is 5.12 Å². The van der Waals surface area contributed by atoms with Crippen molar-refractivity contribution in [1.82, 2.24) is 0 Å². The van der Waals surface area contributed by atoms with Crippen LogP contribution in [0.1, 0.15) is 18.9 Å². The molecule has 1 aromatic carbocycles. The third kappa shape index (κ3) is 4.98. The Morgan fingerprint density at radius 2 is 2.25 bits per heavy atom. The molecule has 1 rings (SSSR count). The molecule has 0 spiro atoms. The summed E-state index contributed by atoms with van der Waals surface area (Å²) in [6.45, 7) is 1.54. The fourth-order valence-corrected chi connectivity index (χ4v) is 1.76. The number of hydrogen-bond donors (Lipinski definition) is 1. The van der Waals surface area contributed by atoms with Crippen molar-refractivity contribution in [3.63, 3.8) is 0 Å². The van der Waals surface area contributed by atoms with Crippen LogP contribution < -0.4 is 5.73 Å². The minimum Gasteiger partial charge on any atom is -0.399 e. The summed E-state index contributed by atoms with van der Waals surface area (Å²) in [6, 6.07) is 4.41. The van der Waals surface area contributed by atoms with E-state index in [0.717, 1.165) is 17.7 Å². The van der Waals surface area contributed by atoms with E-state index in [9.17, 15) is 9.18 Å². The number of rotatable bonds is 4. The summed E-state index contributed by atoms with van der Waals surface area (Å²) in [5.74, 6) is 0.411.